The molecule has 0 radical (unpaired) electrons. The summed E-state index contributed by atoms with van der Waals surface area (Å²) in [4.78, 5) is 2.47. The van der Waals surface area contributed by atoms with Crippen LogP contribution in [0.15, 0.2) is 0 Å². The molecular formula is C15H29N3O. The third kappa shape index (κ3) is 2.97. The van der Waals surface area contributed by atoms with Crippen LogP contribution in [0.3, 0.4) is 0 Å². The molecule has 0 amide bonds. The number of nitrogens with zero attached hydrogens (tertiary/aromatic N) is 1. The van der Waals surface area contributed by atoms with Crippen molar-refractivity contribution in [2.45, 2.75) is 51.2 Å². The average Bonchev–Trinajstić information content (AvgIpc) is 3.07. The van der Waals surface area contributed by atoms with Crippen molar-refractivity contribution in [3.8, 4) is 0 Å². The van der Waals surface area contributed by atoms with Gasteiger partial charge < -0.3 is 4.74 Å². The molecule has 0 aromatic rings. The number of morpholine rings is 1. The summed E-state index contributed by atoms with van der Waals surface area (Å²) < 4.78 is 5.97. The van der Waals surface area contributed by atoms with Gasteiger partial charge in [0.15, 0.2) is 0 Å². The smallest absolute Gasteiger partial charge is 0.0868 e. The highest BCUT2D eigenvalue weighted by Gasteiger charge is 2.41. The van der Waals surface area contributed by atoms with Crippen molar-refractivity contribution < 1.29 is 4.74 Å². The van der Waals surface area contributed by atoms with Crippen molar-refractivity contribution in [3.05, 3.63) is 0 Å². The number of hydrogen-bond acceptors (Lipinski definition) is 4. The topological polar surface area (TPSA) is 50.5 Å². The Labute approximate surface area is 117 Å². The van der Waals surface area contributed by atoms with Gasteiger partial charge in [0, 0.05) is 19.1 Å². The van der Waals surface area contributed by atoms with Crippen LogP contribution in [0.4, 0.5) is 0 Å². The van der Waals surface area contributed by atoms with Gasteiger partial charge in [-0.15, -0.1) is 0 Å². The number of nitrogens with two attached hydrogens (primary N) is 1. The number of hydrazine groups is 1. The zero-order chi connectivity index (χ0) is 13.2. The van der Waals surface area contributed by atoms with Gasteiger partial charge in [-0.2, -0.15) is 0 Å². The molecule has 3 aliphatic rings. The molecule has 1 saturated heterocycles. The number of hydrogen-bond donors (Lipinski definition) is 2. The van der Waals surface area contributed by atoms with Crippen molar-refractivity contribution >= 4 is 0 Å². The lowest BCUT2D eigenvalue weighted by atomic mass is 9.83. The number of fused-ring (bicyclic) bond motifs is 2. The van der Waals surface area contributed by atoms with Gasteiger partial charge in [-0.1, -0.05) is 13.3 Å². The molecule has 3 fully saturated rings. The molecule has 0 aromatic carbocycles. The van der Waals surface area contributed by atoms with Gasteiger partial charge in [-0.3, -0.25) is 16.2 Å². The lowest BCUT2D eigenvalue weighted by molar-refractivity contribution is -0.0497. The molecular weight excluding hydrogens is 238 g/mol. The van der Waals surface area contributed by atoms with E-state index in [4.69, 9.17) is 10.6 Å². The molecule has 2 saturated carbocycles. The third-order valence-electron chi connectivity index (χ3n) is 5.73. The first kappa shape index (κ1) is 13.8. The SMILES string of the molecule is CCN1CCOC(C(CC2CC3CCC2C3)NN)C1. The van der Waals surface area contributed by atoms with E-state index in [1.54, 1.807) is 0 Å². The van der Waals surface area contributed by atoms with Crippen LogP contribution >= 0.6 is 0 Å². The van der Waals surface area contributed by atoms with Gasteiger partial charge in [-0.05, 0) is 50.0 Å². The maximum atomic E-state index is 5.97. The lowest BCUT2D eigenvalue weighted by Gasteiger charge is -2.38. The molecule has 5 atom stereocenters. The highest BCUT2D eigenvalue weighted by Crippen LogP contribution is 2.50. The first-order chi connectivity index (χ1) is 9.30. The predicted molar refractivity (Wildman–Crippen MR) is 76.5 cm³/mol. The molecule has 0 aromatic heterocycles. The van der Waals surface area contributed by atoms with Gasteiger partial charge in [0.05, 0.1) is 12.7 Å². The van der Waals surface area contributed by atoms with Crippen LogP contribution in [-0.4, -0.2) is 43.3 Å². The second kappa shape index (κ2) is 6.08. The third-order valence-corrected chi connectivity index (χ3v) is 5.73. The molecule has 1 heterocycles. The Morgan fingerprint density at radius 1 is 1.37 bits per heavy atom. The number of rotatable bonds is 5. The summed E-state index contributed by atoms with van der Waals surface area (Å²) in [6.07, 6.45) is 7.34. The molecule has 19 heavy (non-hydrogen) atoms. The second-order valence-corrected chi connectivity index (χ2v) is 6.75. The van der Waals surface area contributed by atoms with Crippen LogP contribution in [-0.2, 0) is 4.74 Å². The zero-order valence-electron chi connectivity index (χ0n) is 12.2. The van der Waals surface area contributed by atoms with E-state index in [0.29, 0.717) is 6.04 Å². The fourth-order valence-electron chi connectivity index (χ4n) is 4.58. The Morgan fingerprint density at radius 3 is 2.89 bits per heavy atom. The van der Waals surface area contributed by atoms with E-state index in [9.17, 15) is 0 Å². The van der Waals surface area contributed by atoms with Gasteiger partial charge >= 0.3 is 0 Å². The Balaban J connectivity index is 1.55. The Hall–Kier alpha value is -0.160. The first-order valence-corrected chi connectivity index (χ1v) is 8.10. The minimum atomic E-state index is 0.276. The summed E-state index contributed by atoms with van der Waals surface area (Å²) in [5.74, 6) is 8.71. The molecule has 2 bridgehead atoms. The quantitative estimate of drug-likeness (QED) is 0.583. The molecule has 4 nitrogen and oxygen atoms in total. The van der Waals surface area contributed by atoms with Gasteiger partial charge in [-0.25, -0.2) is 0 Å². The van der Waals surface area contributed by atoms with Gasteiger partial charge in [0.1, 0.15) is 0 Å². The average molecular weight is 267 g/mol. The summed E-state index contributed by atoms with van der Waals surface area (Å²) in [6, 6.07) is 0.332. The largest absolute Gasteiger partial charge is 0.374 e. The molecule has 110 valence electrons. The van der Waals surface area contributed by atoms with Gasteiger partial charge in [0.25, 0.3) is 0 Å². The summed E-state index contributed by atoms with van der Waals surface area (Å²) in [6.45, 7) is 6.30. The molecule has 1 aliphatic heterocycles. The fraction of sp³-hybridized carbons (Fsp3) is 1.00. The van der Waals surface area contributed by atoms with Crippen molar-refractivity contribution in [3.63, 3.8) is 0 Å². The summed E-state index contributed by atoms with van der Waals surface area (Å²) >= 11 is 0. The lowest BCUT2D eigenvalue weighted by Crippen LogP contribution is -2.54. The highest BCUT2D eigenvalue weighted by molar-refractivity contribution is 4.93. The van der Waals surface area contributed by atoms with Crippen molar-refractivity contribution in [1.82, 2.24) is 10.3 Å². The molecule has 5 unspecified atom stereocenters. The number of ether oxygens (including phenoxy) is 1. The summed E-state index contributed by atoms with van der Waals surface area (Å²) in [5, 5.41) is 0. The highest BCUT2D eigenvalue weighted by atomic mass is 16.5. The van der Waals surface area contributed by atoms with Crippen molar-refractivity contribution in [1.29, 1.82) is 0 Å². The molecule has 0 spiro atoms. The van der Waals surface area contributed by atoms with Crippen LogP contribution in [0.1, 0.15) is 39.0 Å². The van der Waals surface area contributed by atoms with E-state index < -0.39 is 0 Å². The second-order valence-electron chi connectivity index (χ2n) is 6.75. The minimum Gasteiger partial charge on any atom is -0.374 e. The van der Waals surface area contributed by atoms with E-state index in [-0.39, 0.29) is 6.10 Å². The maximum absolute atomic E-state index is 5.97. The summed E-state index contributed by atoms with van der Waals surface area (Å²) in [7, 11) is 0. The van der Waals surface area contributed by atoms with Crippen molar-refractivity contribution in [2.75, 3.05) is 26.2 Å². The van der Waals surface area contributed by atoms with E-state index in [1.165, 1.54) is 32.1 Å². The van der Waals surface area contributed by atoms with E-state index in [1.807, 2.05) is 0 Å². The number of likely N-dealkylation sites (N-methyl/N-ethyl adjacent to an activating group) is 1. The molecule has 4 heteroatoms. The van der Waals surface area contributed by atoms with Crippen LogP contribution in [0.25, 0.3) is 0 Å². The molecule has 3 rings (SSSR count). The fourth-order valence-corrected chi connectivity index (χ4v) is 4.58. The Morgan fingerprint density at radius 2 is 2.26 bits per heavy atom. The molecule has 3 N–H and O–H groups in total. The molecule has 2 aliphatic carbocycles. The van der Waals surface area contributed by atoms with Crippen LogP contribution in [0.2, 0.25) is 0 Å². The Bertz CT molecular complexity index is 299. The van der Waals surface area contributed by atoms with Crippen LogP contribution in [0.5, 0.6) is 0 Å². The van der Waals surface area contributed by atoms with Crippen LogP contribution in [0, 0.1) is 17.8 Å². The van der Waals surface area contributed by atoms with Crippen molar-refractivity contribution in [2.24, 2.45) is 23.6 Å². The van der Waals surface area contributed by atoms with E-state index in [0.717, 1.165) is 44.0 Å². The predicted octanol–water partition coefficient (Wildman–Crippen LogP) is 1.37. The summed E-state index contributed by atoms with van der Waals surface area (Å²) in [5.41, 5.74) is 3.05. The normalized spacial score (nSPS) is 40.7. The maximum Gasteiger partial charge on any atom is 0.0868 e. The van der Waals surface area contributed by atoms with Gasteiger partial charge in [0.2, 0.25) is 0 Å². The zero-order valence-corrected chi connectivity index (χ0v) is 12.2. The standard InChI is InChI=1S/C15H29N3O/c1-2-18-5-6-19-15(10-18)14(17-16)9-13-8-11-3-4-12(13)7-11/h11-15,17H,2-10,16H2,1H3. The monoisotopic (exact) mass is 267 g/mol. The Kier molecular flexibility index (Phi) is 4.42. The number of nitrogens with one attached hydrogen (secondary N) is 1. The van der Waals surface area contributed by atoms with Crippen LogP contribution < -0.4 is 11.3 Å². The van der Waals surface area contributed by atoms with E-state index >= 15 is 0 Å². The first-order valence-electron chi connectivity index (χ1n) is 8.10. The minimum absolute atomic E-state index is 0.276. The van der Waals surface area contributed by atoms with E-state index in [2.05, 4.69) is 17.2 Å².